The number of hydrogen-bond donors (Lipinski definition) is 1. The second kappa shape index (κ2) is 6.50. The summed E-state index contributed by atoms with van der Waals surface area (Å²) >= 11 is 0. The zero-order valence-electron chi connectivity index (χ0n) is 13.5. The number of anilines is 1. The molecule has 0 fully saturated rings. The Balaban J connectivity index is 1.92. The quantitative estimate of drug-likeness (QED) is 0.796. The highest BCUT2D eigenvalue weighted by molar-refractivity contribution is 5.88. The molecule has 24 heavy (non-hydrogen) atoms. The van der Waals surface area contributed by atoms with Crippen molar-refractivity contribution in [3.63, 3.8) is 0 Å². The summed E-state index contributed by atoms with van der Waals surface area (Å²) in [5.41, 5.74) is 3.98. The molecule has 0 bridgehead atoms. The fraction of sp³-hybridized carbons (Fsp3) is 0.105. The minimum Gasteiger partial charge on any atom is -0.478 e. The van der Waals surface area contributed by atoms with Crippen molar-refractivity contribution in [2.45, 2.75) is 0 Å². The van der Waals surface area contributed by atoms with Gasteiger partial charge in [-0.2, -0.15) is 0 Å². The van der Waals surface area contributed by atoms with E-state index < -0.39 is 5.97 Å². The average molecular weight is 319 g/mol. The summed E-state index contributed by atoms with van der Waals surface area (Å²) in [6, 6.07) is 16.5. The second-order valence-electron chi connectivity index (χ2n) is 5.59. The number of carboxylic acid groups (broad SMARTS) is 1. The molecule has 0 amide bonds. The van der Waals surface area contributed by atoms with Crippen LogP contribution in [0.15, 0.2) is 60.8 Å². The third kappa shape index (κ3) is 3.25. The number of hydrogen-bond acceptors (Lipinski definition) is 4. The van der Waals surface area contributed by atoms with Gasteiger partial charge in [-0.05, 0) is 30.3 Å². The largest absolute Gasteiger partial charge is 0.478 e. The minimum absolute atomic E-state index is 0.245. The zero-order valence-corrected chi connectivity index (χ0v) is 13.5. The highest BCUT2D eigenvalue weighted by Gasteiger charge is 2.07. The lowest BCUT2D eigenvalue weighted by atomic mass is 10.1. The Hall–Kier alpha value is -3.21. The van der Waals surface area contributed by atoms with Crippen LogP contribution in [0.3, 0.4) is 0 Å². The van der Waals surface area contributed by atoms with Crippen LogP contribution in [-0.2, 0) is 0 Å². The van der Waals surface area contributed by atoms with Gasteiger partial charge in [-0.3, -0.25) is 0 Å². The highest BCUT2D eigenvalue weighted by atomic mass is 16.4. The lowest BCUT2D eigenvalue weighted by Crippen LogP contribution is -2.07. The Kier molecular flexibility index (Phi) is 4.24. The van der Waals surface area contributed by atoms with E-state index in [1.54, 1.807) is 30.5 Å². The van der Waals surface area contributed by atoms with Crippen LogP contribution >= 0.6 is 0 Å². The van der Waals surface area contributed by atoms with E-state index in [-0.39, 0.29) is 5.56 Å². The monoisotopic (exact) mass is 319 g/mol. The Labute approximate surface area is 140 Å². The first-order valence-electron chi connectivity index (χ1n) is 7.49. The first-order valence-corrected chi connectivity index (χ1v) is 7.49. The number of benzene rings is 2. The van der Waals surface area contributed by atoms with Gasteiger partial charge in [-0.25, -0.2) is 14.8 Å². The summed E-state index contributed by atoms with van der Waals surface area (Å²) in [6.45, 7) is 0. The number of carboxylic acids is 1. The molecule has 2 aromatic carbocycles. The first-order chi connectivity index (χ1) is 11.5. The van der Waals surface area contributed by atoms with E-state index in [1.165, 1.54) is 0 Å². The van der Waals surface area contributed by atoms with Gasteiger partial charge in [0.25, 0.3) is 0 Å². The van der Waals surface area contributed by atoms with E-state index in [2.05, 4.69) is 9.97 Å². The third-order valence-corrected chi connectivity index (χ3v) is 3.73. The van der Waals surface area contributed by atoms with E-state index in [0.717, 1.165) is 22.5 Å². The molecular formula is C19H17N3O2. The maximum Gasteiger partial charge on any atom is 0.335 e. The number of carbonyl (C=O) groups is 1. The maximum absolute atomic E-state index is 10.9. The van der Waals surface area contributed by atoms with E-state index in [9.17, 15) is 4.79 Å². The van der Waals surface area contributed by atoms with Crippen molar-refractivity contribution in [2.75, 3.05) is 19.0 Å². The zero-order chi connectivity index (χ0) is 17.1. The molecular weight excluding hydrogens is 302 g/mol. The highest BCUT2D eigenvalue weighted by Crippen LogP contribution is 2.23. The minimum atomic E-state index is -0.947. The van der Waals surface area contributed by atoms with Gasteiger partial charge in [-0.1, -0.05) is 24.3 Å². The van der Waals surface area contributed by atoms with E-state index in [0.29, 0.717) is 5.82 Å². The Morgan fingerprint density at radius 2 is 1.54 bits per heavy atom. The second-order valence-corrected chi connectivity index (χ2v) is 5.59. The van der Waals surface area contributed by atoms with Crippen LogP contribution in [0.4, 0.5) is 5.69 Å². The molecule has 0 unspecified atom stereocenters. The number of nitrogens with zero attached hydrogens (tertiary/aromatic N) is 3. The van der Waals surface area contributed by atoms with Gasteiger partial charge >= 0.3 is 5.97 Å². The lowest BCUT2D eigenvalue weighted by molar-refractivity contribution is 0.0697. The van der Waals surface area contributed by atoms with E-state index in [1.807, 2.05) is 49.3 Å². The SMILES string of the molecule is CN(C)c1ccc(-c2ccnc(-c3ccc(C(=O)O)cc3)n2)cc1. The number of aromatic nitrogens is 2. The molecule has 1 N–H and O–H groups in total. The van der Waals surface area contributed by atoms with Crippen molar-refractivity contribution in [1.82, 2.24) is 9.97 Å². The third-order valence-electron chi connectivity index (χ3n) is 3.73. The summed E-state index contributed by atoms with van der Waals surface area (Å²) in [4.78, 5) is 21.8. The fourth-order valence-electron chi connectivity index (χ4n) is 2.35. The summed E-state index contributed by atoms with van der Waals surface area (Å²) in [5, 5.41) is 8.97. The van der Waals surface area contributed by atoms with Gasteiger partial charge in [-0.15, -0.1) is 0 Å². The number of aromatic carboxylic acids is 1. The number of rotatable bonds is 4. The van der Waals surface area contributed by atoms with Crippen molar-refractivity contribution < 1.29 is 9.90 Å². The summed E-state index contributed by atoms with van der Waals surface area (Å²) < 4.78 is 0. The van der Waals surface area contributed by atoms with E-state index >= 15 is 0 Å². The molecule has 0 aliphatic heterocycles. The lowest BCUT2D eigenvalue weighted by Gasteiger charge is -2.12. The normalized spacial score (nSPS) is 10.4. The van der Waals surface area contributed by atoms with E-state index in [4.69, 9.17) is 5.11 Å². The predicted molar refractivity (Wildman–Crippen MR) is 94.2 cm³/mol. The molecule has 0 aliphatic carbocycles. The molecule has 0 spiro atoms. The van der Waals surface area contributed by atoms with Crippen molar-refractivity contribution >= 4 is 11.7 Å². The molecule has 0 saturated carbocycles. The molecule has 0 saturated heterocycles. The van der Waals surface area contributed by atoms with Crippen LogP contribution in [0.1, 0.15) is 10.4 Å². The first kappa shape index (κ1) is 15.7. The molecule has 3 rings (SSSR count). The summed E-state index contributed by atoms with van der Waals surface area (Å²) in [6.07, 6.45) is 1.71. The molecule has 5 heteroatoms. The average Bonchev–Trinajstić information content (AvgIpc) is 2.62. The van der Waals surface area contributed by atoms with Crippen molar-refractivity contribution in [1.29, 1.82) is 0 Å². The van der Waals surface area contributed by atoms with Crippen LogP contribution in [0.2, 0.25) is 0 Å². The molecule has 120 valence electrons. The van der Waals surface area contributed by atoms with Gasteiger partial charge in [0.15, 0.2) is 5.82 Å². The molecule has 3 aromatic rings. The standard InChI is InChI=1S/C19H17N3O2/c1-22(2)16-9-7-13(8-10-16)17-11-12-20-18(21-17)14-3-5-15(6-4-14)19(23)24/h3-12H,1-2H3,(H,23,24). The van der Waals surface area contributed by atoms with Crippen LogP contribution in [0.25, 0.3) is 22.6 Å². The molecule has 5 nitrogen and oxygen atoms in total. The molecule has 0 radical (unpaired) electrons. The smallest absolute Gasteiger partial charge is 0.335 e. The summed E-state index contributed by atoms with van der Waals surface area (Å²) in [5.74, 6) is -0.377. The van der Waals surface area contributed by atoms with Crippen LogP contribution < -0.4 is 4.90 Å². The Morgan fingerprint density at radius 3 is 2.12 bits per heavy atom. The fourth-order valence-corrected chi connectivity index (χ4v) is 2.35. The van der Waals surface area contributed by atoms with Crippen LogP contribution in [-0.4, -0.2) is 35.1 Å². The Bertz CT molecular complexity index is 857. The van der Waals surface area contributed by atoms with Crippen LogP contribution in [0.5, 0.6) is 0 Å². The van der Waals surface area contributed by atoms with Gasteiger partial charge in [0.2, 0.25) is 0 Å². The molecule has 1 aromatic heterocycles. The van der Waals surface area contributed by atoms with Gasteiger partial charge in [0, 0.05) is 37.1 Å². The maximum atomic E-state index is 10.9. The summed E-state index contributed by atoms with van der Waals surface area (Å²) in [7, 11) is 4.00. The van der Waals surface area contributed by atoms with Gasteiger partial charge < -0.3 is 10.0 Å². The van der Waals surface area contributed by atoms with Crippen molar-refractivity contribution in [2.24, 2.45) is 0 Å². The van der Waals surface area contributed by atoms with Crippen molar-refractivity contribution in [3.8, 4) is 22.6 Å². The Morgan fingerprint density at radius 1 is 0.917 bits per heavy atom. The molecule has 0 aliphatic rings. The van der Waals surface area contributed by atoms with Gasteiger partial charge in [0.1, 0.15) is 0 Å². The molecule has 0 atom stereocenters. The van der Waals surface area contributed by atoms with Crippen LogP contribution in [0, 0.1) is 0 Å². The topological polar surface area (TPSA) is 66.3 Å². The van der Waals surface area contributed by atoms with Gasteiger partial charge in [0.05, 0.1) is 11.3 Å². The molecule has 1 heterocycles. The predicted octanol–water partition coefficient (Wildman–Crippen LogP) is 3.57. The van der Waals surface area contributed by atoms with Crippen molar-refractivity contribution in [3.05, 3.63) is 66.4 Å².